The molecule has 0 atom stereocenters. The van der Waals surface area contributed by atoms with Crippen LogP contribution in [-0.4, -0.2) is 23.9 Å². The van der Waals surface area contributed by atoms with E-state index in [-0.39, 0.29) is 17.4 Å². The number of para-hydroxylation sites is 1. The topological polar surface area (TPSA) is 71.5 Å². The van der Waals surface area contributed by atoms with Crippen LogP contribution >= 0.6 is 0 Å². The number of hydrogen-bond acceptors (Lipinski definition) is 4. The first kappa shape index (κ1) is 19.7. The molecule has 3 aromatic carbocycles. The fraction of sp³-hybridized carbons (Fsp3) is 0.0400. The van der Waals surface area contributed by atoms with Crippen LogP contribution in [0.2, 0.25) is 0 Å². The van der Waals surface area contributed by atoms with Gasteiger partial charge in [-0.1, -0.05) is 42.5 Å². The number of ether oxygens (including phenoxy) is 1. The third-order valence-corrected chi connectivity index (χ3v) is 5.33. The number of fused-ring (bicyclic) bond motifs is 2. The van der Waals surface area contributed by atoms with Crippen molar-refractivity contribution >= 4 is 34.0 Å². The minimum Gasteiger partial charge on any atom is -0.497 e. The molecule has 1 aliphatic heterocycles. The average molecular weight is 426 g/mol. The predicted molar refractivity (Wildman–Crippen MR) is 118 cm³/mol. The number of amides is 2. The Labute approximate surface area is 183 Å². The van der Waals surface area contributed by atoms with E-state index in [2.05, 4.69) is 10.3 Å². The summed E-state index contributed by atoms with van der Waals surface area (Å²) in [5.74, 6) is -1.14. The highest BCUT2D eigenvalue weighted by atomic mass is 19.1. The molecule has 6 nitrogen and oxygen atoms in total. The molecular weight excluding hydrogens is 409 g/mol. The maximum atomic E-state index is 14.6. The van der Waals surface area contributed by atoms with Crippen LogP contribution in [0, 0.1) is 11.9 Å². The molecule has 32 heavy (non-hydrogen) atoms. The van der Waals surface area contributed by atoms with Crippen LogP contribution in [0.3, 0.4) is 0 Å². The Morgan fingerprint density at radius 2 is 1.72 bits per heavy atom. The van der Waals surface area contributed by atoms with E-state index in [1.165, 1.54) is 24.1 Å². The van der Waals surface area contributed by atoms with Gasteiger partial charge in [0.05, 0.1) is 18.5 Å². The van der Waals surface area contributed by atoms with Crippen molar-refractivity contribution in [2.24, 2.45) is 0 Å². The highest BCUT2D eigenvalue weighted by Crippen LogP contribution is 2.43. The molecule has 0 bridgehead atoms. The number of aromatic nitrogens is 1. The summed E-state index contributed by atoms with van der Waals surface area (Å²) in [6.45, 7) is 0. The Morgan fingerprint density at radius 3 is 2.50 bits per heavy atom. The van der Waals surface area contributed by atoms with Gasteiger partial charge >= 0.3 is 0 Å². The zero-order valence-corrected chi connectivity index (χ0v) is 17.0. The summed E-state index contributed by atoms with van der Waals surface area (Å²) < 4.78 is 19.8. The van der Waals surface area contributed by atoms with Gasteiger partial charge in [-0.2, -0.15) is 0 Å². The number of pyridine rings is 1. The Kier molecular flexibility index (Phi) is 4.78. The first-order chi connectivity index (χ1) is 15.6. The van der Waals surface area contributed by atoms with E-state index < -0.39 is 17.6 Å². The molecule has 0 saturated heterocycles. The highest BCUT2D eigenvalue weighted by Gasteiger charge is 2.41. The zero-order valence-electron chi connectivity index (χ0n) is 17.0. The Bertz CT molecular complexity index is 1370. The summed E-state index contributed by atoms with van der Waals surface area (Å²) in [6.07, 6.45) is 1.61. The number of nitrogens with zero attached hydrogens (tertiary/aromatic N) is 2. The third kappa shape index (κ3) is 3.24. The maximum Gasteiger partial charge on any atom is 0.271 e. The second kappa shape index (κ2) is 7.77. The largest absolute Gasteiger partial charge is 0.497 e. The summed E-state index contributed by atoms with van der Waals surface area (Å²) in [5, 5.41) is 4.44. The quantitative estimate of drug-likeness (QED) is 0.526. The van der Waals surface area contributed by atoms with Crippen molar-refractivity contribution in [2.75, 3.05) is 12.0 Å². The lowest BCUT2D eigenvalue weighted by atomic mass is 10.1. The van der Waals surface area contributed by atoms with E-state index in [9.17, 15) is 14.0 Å². The molecule has 0 saturated carbocycles. The molecule has 1 N–H and O–H groups in total. The van der Waals surface area contributed by atoms with Crippen LogP contribution in [0.25, 0.3) is 10.8 Å². The van der Waals surface area contributed by atoms with E-state index in [1.54, 1.807) is 42.6 Å². The minimum absolute atomic E-state index is 0.0471. The van der Waals surface area contributed by atoms with Crippen molar-refractivity contribution in [1.29, 1.82) is 0 Å². The van der Waals surface area contributed by atoms with Gasteiger partial charge in [0.1, 0.15) is 17.3 Å². The summed E-state index contributed by atoms with van der Waals surface area (Å²) in [6, 6.07) is 20.2. The number of rotatable bonds is 4. The Morgan fingerprint density at radius 1 is 0.969 bits per heavy atom. The fourth-order valence-electron chi connectivity index (χ4n) is 3.75. The van der Waals surface area contributed by atoms with Gasteiger partial charge in [0.25, 0.3) is 11.8 Å². The minimum atomic E-state index is -0.557. The van der Waals surface area contributed by atoms with E-state index in [0.29, 0.717) is 17.0 Å². The molecule has 2 amide bonds. The molecule has 0 spiro atoms. The zero-order chi connectivity index (χ0) is 22.2. The molecule has 1 radical (unpaired) electrons. The molecule has 0 fully saturated rings. The molecule has 1 aliphatic rings. The van der Waals surface area contributed by atoms with Gasteiger partial charge in [-0.3, -0.25) is 19.5 Å². The number of hydrogen-bond donors (Lipinski definition) is 1. The molecule has 0 unspecified atom stereocenters. The van der Waals surface area contributed by atoms with Crippen molar-refractivity contribution in [3.63, 3.8) is 0 Å². The van der Waals surface area contributed by atoms with Crippen molar-refractivity contribution in [1.82, 2.24) is 10.3 Å². The molecule has 4 aromatic rings. The molecule has 7 heteroatoms. The van der Waals surface area contributed by atoms with Crippen LogP contribution in [0.1, 0.15) is 16.1 Å². The van der Waals surface area contributed by atoms with Crippen molar-refractivity contribution in [3.8, 4) is 5.75 Å². The fourth-order valence-corrected chi connectivity index (χ4v) is 3.75. The number of carbonyl (C=O) groups is 2. The van der Waals surface area contributed by atoms with E-state index >= 15 is 0 Å². The lowest BCUT2D eigenvalue weighted by Gasteiger charge is -2.19. The van der Waals surface area contributed by atoms with Gasteiger partial charge in [-0.25, -0.2) is 4.39 Å². The lowest BCUT2D eigenvalue weighted by Crippen LogP contribution is -2.37. The highest BCUT2D eigenvalue weighted by molar-refractivity contribution is 6.19. The normalized spacial score (nSPS) is 13.3. The Hall–Kier alpha value is -4.26. The van der Waals surface area contributed by atoms with Crippen LogP contribution in [0.5, 0.6) is 5.75 Å². The summed E-state index contributed by atoms with van der Waals surface area (Å²) in [5.41, 5.74) is 1.14. The molecule has 5 rings (SSSR count). The molecule has 1 aromatic heterocycles. The number of benzene rings is 3. The number of nitrogens with one attached hydrogen (secondary N) is 1. The van der Waals surface area contributed by atoms with Gasteiger partial charge in [0.15, 0.2) is 6.04 Å². The van der Waals surface area contributed by atoms with Gasteiger partial charge in [-0.05, 0) is 29.7 Å². The Balaban J connectivity index is 1.53. The molecular formula is C25H17FN3O3. The summed E-state index contributed by atoms with van der Waals surface area (Å²) >= 11 is 0. The molecule has 2 heterocycles. The number of carbonyl (C=O) groups excluding carboxylic acids is 2. The van der Waals surface area contributed by atoms with Crippen LogP contribution < -0.4 is 15.0 Å². The van der Waals surface area contributed by atoms with Gasteiger partial charge < -0.3 is 10.1 Å². The summed E-state index contributed by atoms with van der Waals surface area (Å²) in [4.78, 5) is 31.8. The first-order valence-electron chi connectivity index (χ1n) is 9.87. The third-order valence-electron chi connectivity index (χ3n) is 5.33. The van der Waals surface area contributed by atoms with E-state index in [1.807, 2.05) is 24.3 Å². The average Bonchev–Trinajstić information content (AvgIpc) is 3.09. The van der Waals surface area contributed by atoms with Gasteiger partial charge in [-0.15, -0.1) is 0 Å². The van der Waals surface area contributed by atoms with E-state index in [4.69, 9.17) is 4.74 Å². The summed E-state index contributed by atoms with van der Waals surface area (Å²) in [7, 11) is 1.50. The number of halogens is 1. The van der Waals surface area contributed by atoms with Crippen molar-refractivity contribution in [3.05, 3.63) is 102 Å². The van der Waals surface area contributed by atoms with E-state index in [0.717, 1.165) is 10.8 Å². The monoisotopic (exact) mass is 426 g/mol. The standard InChI is InChI=1S/C25H17FN3O3/c1-32-17-10-11-18-22(13-17)29(21-9-5-4-8-19(21)26)25(31)23(18)28-24(30)20-12-15-6-2-3-7-16(15)14-27-20/h2-14H,1H3,(H,28,30). The molecule has 0 aliphatic carbocycles. The van der Waals surface area contributed by atoms with Crippen LogP contribution in [0.15, 0.2) is 79.0 Å². The van der Waals surface area contributed by atoms with Crippen molar-refractivity contribution < 1.29 is 18.7 Å². The van der Waals surface area contributed by atoms with Gasteiger partial charge in [0.2, 0.25) is 0 Å². The first-order valence-corrected chi connectivity index (χ1v) is 9.87. The van der Waals surface area contributed by atoms with Crippen molar-refractivity contribution in [2.45, 2.75) is 0 Å². The van der Waals surface area contributed by atoms with Gasteiger partial charge in [0, 0.05) is 23.2 Å². The second-order valence-corrected chi connectivity index (χ2v) is 7.22. The smallest absolute Gasteiger partial charge is 0.271 e. The van der Waals surface area contributed by atoms with Crippen LogP contribution in [-0.2, 0) is 4.79 Å². The maximum absolute atomic E-state index is 14.6. The predicted octanol–water partition coefficient (Wildman–Crippen LogP) is 4.37. The second-order valence-electron chi connectivity index (χ2n) is 7.22. The SMILES string of the molecule is COc1ccc2c(c1)N(c1ccccc1F)C(=O)[C]2NC(=O)c1cc2ccccc2cn1. The number of anilines is 2. The van der Waals surface area contributed by atoms with Crippen LogP contribution in [0.4, 0.5) is 15.8 Å². The number of methoxy groups -OCH3 is 1. The molecule has 157 valence electrons. The lowest BCUT2D eigenvalue weighted by molar-refractivity contribution is -0.115.